The van der Waals surface area contributed by atoms with Crippen molar-refractivity contribution in [2.45, 2.75) is 76.8 Å². The second kappa shape index (κ2) is 6.12. The SMILES string of the molecule is CC(C)NC1CCC(CC(F)(F)F)(CC(F)(F)F)CC1. The molecule has 1 saturated carbocycles. The summed E-state index contributed by atoms with van der Waals surface area (Å²) in [4.78, 5) is 0. The van der Waals surface area contributed by atoms with Gasteiger partial charge in [0.15, 0.2) is 0 Å². The van der Waals surface area contributed by atoms with E-state index >= 15 is 0 Å². The molecule has 1 rings (SSSR count). The van der Waals surface area contributed by atoms with Gasteiger partial charge < -0.3 is 5.32 Å². The molecule has 1 N–H and O–H groups in total. The second-order valence-corrected chi connectivity index (χ2v) is 6.18. The Balaban J connectivity index is 2.72. The van der Waals surface area contributed by atoms with Crippen molar-refractivity contribution in [3.05, 3.63) is 0 Å². The van der Waals surface area contributed by atoms with Crippen molar-refractivity contribution in [2.24, 2.45) is 5.41 Å². The van der Waals surface area contributed by atoms with Crippen molar-refractivity contribution in [1.29, 1.82) is 0 Å². The zero-order chi connectivity index (χ0) is 15.6. The first-order valence-electron chi connectivity index (χ1n) is 6.80. The van der Waals surface area contributed by atoms with Crippen molar-refractivity contribution in [2.75, 3.05) is 0 Å². The number of hydrogen-bond acceptors (Lipinski definition) is 1. The first-order valence-corrected chi connectivity index (χ1v) is 6.80. The molecule has 20 heavy (non-hydrogen) atoms. The van der Waals surface area contributed by atoms with Crippen LogP contribution in [-0.4, -0.2) is 24.4 Å². The summed E-state index contributed by atoms with van der Waals surface area (Å²) in [6.45, 7) is 3.82. The van der Waals surface area contributed by atoms with E-state index in [1.807, 2.05) is 13.8 Å². The van der Waals surface area contributed by atoms with Crippen LogP contribution in [0.25, 0.3) is 0 Å². The van der Waals surface area contributed by atoms with Gasteiger partial charge >= 0.3 is 12.4 Å². The molecule has 1 aliphatic rings. The predicted molar refractivity (Wildman–Crippen MR) is 64.3 cm³/mol. The number of alkyl halides is 6. The molecule has 120 valence electrons. The fraction of sp³-hybridized carbons (Fsp3) is 1.00. The Kier molecular flexibility index (Phi) is 5.38. The van der Waals surface area contributed by atoms with E-state index < -0.39 is 30.6 Å². The van der Waals surface area contributed by atoms with Crippen LogP contribution in [0, 0.1) is 5.41 Å². The maximum atomic E-state index is 12.6. The van der Waals surface area contributed by atoms with Gasteiger partial charge in [-0.1, -0.05) is 13.8 Å². The molecular weight excluding hydrogens is 284 g/mol. The fourth-order valence-corrected chi connectivity index (χ4v) is 3.13. The van der Waals surface area contributed by atoms with Gasteiger partial charge in [-0.2, -0.15) is 26.3 Å². The van der Waals surface area contributed by atoms with Crippen molar-refractivity contribution in [3.63, 3.8) is 0 Å². The lowest BCUT2D eigenvalue weighted by atomic mass is 9.68. The molecule has 0 amide bonds. The summed E-state index contributed by atoms with van der Waals surface area (Å²) in [7, 11) is 0. The molecule has 0 unspecified atom stereocenters. The molecule has 0 radical (unpaired) electrons. The number of rotatable bonds is 4. The molecule has 0 heterocycles. The van der Waals surface area contributed by atoms with E-state index in [0.29, 0.717) is 12.8 Å². The third-order valence-corrected chi connectivity index (χ3v) is 3.77. The molecule has 7 heteroatoms. The van der Waals surface area contributed by atoms with Crippen LogP contribution in [0.1, 0.15) is 52.4 Å². The van der Waals surface area contributed by atoms with Gasteiger partial charge in [-0.3, -0.25) is 0 Å². The quantitative estimate of drug-likeness (QED) is 0.734. The summed E-state index contributed by atoms with van der Waals surface area (Å²) >= 11 is 0. The van der Waals surface area contributed by atoms with Gasteiger partial charge in [-0.15, -0.1) is 0 Å². The second-order valence-electron chi connectivity index (χ2n) is 6.18. The smallest absolute Gasteiger partial charge is 0.312 e. The van der Waals surface area contributed by atoms with Crippen LogP contribution < -0.4 is 5.32 Å². The Morgan fingerprint density at radius 3 is 1.65 bits per heavy atom. The Bertz CT molecular complexity index is 281. The van der Waals surface area contributed by atoms with Gasteiger partial charge in [0.1, 0.15) is 0 Å². The van der Waals surface area contributed by atoms with E-state index in [1.54, 1.807) is 0 Å². The zero-order valence-electron chi connectivity index (χ0n) is 11.7. The van der Waals surface area contributed by atoms with E-state index in [-0.39, 0.29) is 24.9 Å². The summed E-state index contributed by atoms with van der Waals surface area (Å²) in [5, 5.41) is 3.18. The summed E-state index contributed by atoms with van der Waals surface area (Å²) < 4.78 is 75.5. The highest BCUT2D eigenvalue weighted by Gasteiger charge is 2.49. The van der Waals surface area contributed by atoms with Crippen molar-refractivity contribution in [3.8, 4) is 0 Å². The van der Waals surface area contributed by atoms with Gasteiger partial charge in [0.05, 0.1) is 0 Å². The average Bonchev–Trinajstić information content (AvgIpc) is 2.15. The monoisotopic (exact) mass is 305 g/mol. The summed E-state index contributed by atoms with van der Waals surface area (Å²) in [5.41, 5.74) is -1.67. The lowest BCUT2D eigenvalue weighted by Crippen LogP contribution is -2.43. The molecule has 0 atom stereocenters. The van der Waals surface area contributed by atoms with Crippen LogP contribution in [0.2, 0.25) is 0 Å². The lowest BCUT2D eigenvalue weighted by Gasteiger charge is -2.41. The van der Waals surface area contributed by atoms with Crippen molar-refractivity contribution >= 4 is 0 Å². The number of halogens is 6. The highest BCUT2D eigenvalue weighted by Crippen LogP contribution is 2.50. The molecule has 1 nitrogen and oxygen atoms in total. The van der Waals surface area contributed by atoms with E-state index in [0.717, 1.165) is 0 Å². The third-order valence-electron chi connectivity index (χ3n) is 3.77. The Labute approximate surface area is 115 Å². The molecule has 0 bridgehead atoms. The summed E-state index contributed by atoms with van der Waals surface area (Å²) in [6.07, 6.45) is -11.1. The molecule has 0 saturated heterocycles. The number of hydrogen-bond donors (Lipinski definition) is 1. The molecule has 0 spiro atoms. The molecule has 0 aliphatic heterocycles. The average molecular weight is 305 g/mol. The molecular formula is C13H21F6N. The molecule has 1 aliphatic carbocycles. The Morgan fingerprint density at radius 1 is 0.950 bits per heavy atom. The van der Waals surface area contributed by atoms with E-state index in [9.17, 15) is 26.3 Å². The maximum absolute atomic E-state index is 12.6. The van der Waals surface area contributed by atoms with Crippen LogP contribution in [0.4, 0.5) is 26.3 Å². The predicted octanol–water partition coefficient (Wildman–Crippen LogP) is 4.82. The largest absolute Gasteiger partial charge is 0.389 e. The van der Waals surface area contributed by atoms with E-state index in [2.05, 4.69) is 5.32 Å². The molecule has 1 fully saturated rings. The number of nitrogens with one attached hydrogen (secondary N) is 1. The maximum Gasteiger partial charge on any atom is 0.389 e. The standard InChI is InChI=1S/C13H21F6N/c1-9(2)20-10-3-5-11(6-4-10,7-12(14,15)16)8-13(17,18)19/h9-10,20H,3-8H2,1-2H3. The third kappa shape index (κ3) is 6.33. The minimum atomic E-state index is -4.55. The van der Waals surface area contributed by atoms with Gasteiger partial charge in [-0.05, 0) is 31.1 Å². The molecule has 0 aromatic carbocycles. The van der Waals surface area contributed by atoms with Crippen LogP contribution >= 0.6 is 0 Å². The van der Waals surface area contributed by atoms with E-state index in [1.165, 1.54) is 0 Å². The first-order chi connectivity index (χ1) is 8.91. The molecule has 0 aromatic heterocycles. The first kappa shape index (κ1) is 17.6. The minimum Gasteiger partial charge on any atom is -0.312 e. The summed E-state index contributed by atoms with van der Waals surface area (Å²) in [6, 6.07) is 0.197. The van der Waals surface area contributed by atoms with Crippen molar-refractivity contribution < 1.29 is 26.3 Å². The van der Waals surface area contributed by atoms with Gasteiger partial charge in [0.2, 0.25) is 0 Å². The molecule has 0 aromatic rings. The van der Waals surface area contributed by atoms with Crippen LogP contribution in [0.15, 0.2) is 0 Å². The zero-order valence-corrected chi connectivity index (χ0v) is 11.7. The highest BCUT2D eigenvalue weighted by molar-refractivity contribution is 4.91. The topological polar surface area (TPSA) is 12.0 Å². The fourth-order valence-electron chi connectivity index (χ4n) is 3.13. The van der Waals surface area contributed by atoms with Crippen molar-refractivity contribution in [1.82, 2.24) is 5.32 Å². The van der Waals surface area contributed by atoms with Crippen LogP contribution in [0.3, 0.4) is 0 Å². The van der Waals surface area contributed by atoms with Crippen LogP contribution in [0.5, 0.6) is 0 Å². The van der Waals surface area contributed by atoms with Crippen LogP contribution in [-0.2, 0) is 0 Å². The normalized spacial score (nSPS) is 21.4. The Morgan fingerprint density at radius 2 is 1.35 bits per heavy atom. The highest BCUT2D eigenvalue weighted by atomic mass is 19.4. The summed E-state index contributed by atoms with van der Waals surface area (Å²) in [5.74, 6) is 0. The van der Waals surface area contributed by atoms with Gasteiger partial charge in [0, 0.05) is 24.9 Å². The lowest BCUT2D eigenvalue weighted by molar-refractivity contribution is -0.201. The van der Waals surface area contributed by atoms with E-state index in [4.69, 9.17) is 0 Å². The minimum absolute atomic E-state index is 0.0181. The van der Waals surface area contributed by atoms with Gasteiger partial charge in [-0.25, -0.2) is 0 Å². The van der Waals surface area contributed by atoms with Gasteiger partial charge in [0.25, 0.3) is 0 Å². The Hall–Kier alpha value is -0.460.